The lowest BCUT2D eigenvalue weighted by molar-refractivity contribution is 1.12. The molecule has 3 nitrogen and oxygen atoms in total. The Hall–Kier alpha value is -1.52. The fraction of sp³-hybridized carbons (Fsp3) is 0. The maximum absolute atomic E-state index is 11.5. The number of H-pyrrole nitrogens is 1. The number of nitrogens with zero attached hydrogens (tertiary/aromatic N) is 1. The van der Waals surface area contributed by atoms with Crippen LogP contribution in [0.15, 0.2) is 41.3 Å². The fourth-order valence-electron chi connectivity index (χ4n) is 1.62. The summed E-state index contributed by atoms with van der Waals surface area (Å²) < 4.78 is 2.32. The third-order valence-corrected chi connectivity index (χ3v) is 3.61. The molecule has 0 spiro atoms. The average Bonchev–Trinajstić information content (AvgIpc) is 2.84. The molecule has 0 bridgehead atoms. The molecule has 0 aromatic carbocycles. The van der Waals surface area contributed by atoms with Gasteiger partial charge in [-0.2, -0.15) is 0 Å². The predicted molar refractivity (Wildman–Crippen MR) is 66.3 cm³/mol. The minimum absolute atomic E-state index is 0.0392. The molecule has 5 heteroatoms. The van der Waals surface area contributed by atoms with Gasteiger partial charge in [0.25, 0.3) is 5.56 Å². The Bertz CT molecular complexity index is 710. The second kappa shape index (κ2) is 3.50. The first-order chi connectivity index (χ1) is 7.74. The molecule has 3 heterocycles. The standard InChI is InChI=1S/C11H7ClN2OS/c12-9-5-4-8(16-9)7-6-14-10(13-7)2-1-3-11(14)15/h1-6,13H. The van der Waals surface area contributed by atoms with Crippen molar-refractivity contribution in [2.75, 3.05) is 0 Å². The highest BCUT2D eigenvalue weighted by Crippen LogP contribution is 2.30. The first kappa shape index (κ1) is 9.69. The van der Waals surface area contributed by atoms with E-state index < -0.39 is 0 Å². The quantitative estimate of drug-likeness (QED) is 0.708. The summed E-state index contributed by atoms with van der Waals surface area (Å²) in [6, 6.07) is 8.91. The van der Waals surface area contributed by atoms with Crippen LogP contribution in [0.3, 0.4) is 0 Å². The van der Waals surface area contributed by atoms with Crippen molar-refractivity contribution in [3.63, 3.8) is 0 Å². The highest BCUT2D eigenvalue weighted by Gasteiger charge is 2.06. The second-order valence-electron chi connectivity index (χ2n) is 3.39. The van der Waals surface area contributed by atoms with Crippen molar-refractivity contribution in [1.82, 2.24) is 9.38 Å². The Kier molecular flexibility index (Phi) is 2.12. The molecule has 3 rings (SSSR count). The van der Waals surface area contributed by atoms with Crippen molar-refractivity contribution in [3.05, 3.63) is 51.2 Å². The summed E-state index contributed by atoms with van der Waals surface area (Å²) in [6.45, 7) is 0. The third-order valence-electron chi connectivity index (χ3n) is 2.35. The molecule has 0 unspecified atom stereocenters. The predicted octanol–water partition coefficient (Wildman–Crippen LogP) is 3.01. The molecular formula is C11H7ClN2OS. The summed E-state index contributed by atoms with van der Waals surface area (Å²) in [6.07, 6.45) is 1.79. The van der Waals surface area contributed by atoms with Gasteiger partial charge in [-0.15, -0.1) is 11.3 Å². The molecular weight excluding hydrogens is 244 g/mol. The van der Waals surface area contributed by atoms with Gasteiger partial charge in [0, 0.05) is 12.3 Å². The molecule has 0 saturated heterocycles. The molecule has 0 radical (unpaired) electrons. The van der Waals surface area contributed by atoms with Crippen molar-refractivity contribution in [1.29, 1.82) is 0 Å². The number of hydrogen-bond acceptors (Lipinski definition) is 2. The lowest BCUT2D eigenvalue weighted by atomic mass is 10.4. The van der Waals surface area contributed by atoms with Crippen LogP contribution in [0.1, 0.15) is 0 Å². The van der Waals surface area contributed by atoms with Crippen LogP contribution < -0.4 is 5.56 Å². The molecule has 3 aromatic rings. The van der Waals surface area contributed by atoms with E-state index in [1.54, 1.807) is 16.7 Å². The highest BCUT2D eigenvalue weighted by molar-refractivity contribution is 7.19. The van der Waals surface area contributed by atoms with Gasteiger partial charge in [0.2, 0.25) is 0 Å². The van der Waals surface area contributed by atoms with Gasteiger partial charge < -0.3 is 4.98 Å². The van der Waals surface area contributed by atoms with Crippen molar-refractivity contribution < 1.29 is 0 Å². The molecule has 0 atom stereocenters. The molecule has 3 aromatic heterocycles. The van der Waals surface area contributed by atoms with Crippen molar-refractivity contribution in [2.45, 2.75) is 0 Å². The second-order valence-corrected chi connectivity index (χ2v) is 5.11. The van der Waals surface area contributed by atoms with Crippen LogP contribution in [0.2, 0.25) is 4.34 Å². The number of imidazole rings is 1. The van der Waals surface area contributed by atoms with Crippen molar-refractivity contribution in [3.8, 4) is 10.6 Å². The molecule has 16 heavy (non-hydrogen) atoms. The van der Waals surface area contributed by atoms with E-state index in [9.17, 15) is 4.79 Å². The number of aromatic nitrogens is 2. The first-order valence-electron chi connectivity index (χ1n) is 4.70. The van der Waals surface area contributed by atoms with Gasteiger partial charge >= 0.3 is 0 Å². The number of rotatable bonds is 1. The summed E-state index contributed by atoms with van der Waals surface area (Å²) in [4.78, 5) is 15.8. The Balaban J connectivity index is 2.26. The van der Waals surface area contributed by atoms with Crippen LogP contribution in [0.25, 0.3) is 16.2 Å². The van der Waals surface area contributed by atoms with Gasteiger partial charge in [0.15, 0.2) is 0 Å². The van der Waals surface area contributed by atoms with Crippen LogP contribution in [0.5, 0.6) is 0 Å². The monoisotopic (exact) mass is 250 g/mol. The summed E-state index contributed by atoms with van der Waals surface area (Å²) in [5.74, 6) is 0. The Labute approximate surface area is 99.9 Å². The Morgan fingerprint density at radius 3 is 2.81 bits per heavy atom. The van der Waals surface area contributed by atoms with Gasteiger partial charge in [0.05, 0.1) is 14.9 Å². The molecule has 0 aliphatic rings. The molecule has 1 N–H and O–H groups in total. The Morgan fingerprint density at radius 2 is 2.12 bits per heavy atom. The van der Waals surface area contributed by atoms with E-state index in [0.717, 1.165) is 20.6 Å². The lowest BCUT2D eigenvalue weighted by Gasteiger charge is -1.87. The number of fused-ring (bicyclic) bond motifs is 1. The number of hydrogen-bond donors (Lipinski definition) is 1. The molecule has 0 fully saturated rings. The normalized spacial score (nSPS) is 11.1. The average molecular weight is 251 g/mol. The summed E-state index contributed by atoms with van der Waals surface area (Å²) in [5, 5.41) is 0. The topological polar surface area (TPSA) is 37.3 Å². The van der Waals surface area contributed by atoms with E-state index in [1.807, 2.05) is 18.2 Å². The molecule has 80 valence electrons. The lowest BCUT2D eigenvalue weighted by Crippen LogP contribution is -2.08. The zero-order valence-electron chi connectivity index (χ0n) is 8.11. The van der Waals surface area contributed by atoms with Gasteiger partial charge in [0.1, 0.15) is 5.65 Å². The van der Waals surface area contributed by atoms with Crippen LogP contribution >= 0.6 is 22.9 Å². The van der Waals surface area contributed by atoms with E-state index in [2.05, 4.69) is 4.98 Å². The van der Waals surface area contributed by atoms with E-state index in [1.165, 1.54) is 17.4 Å². The van der Waals surface area contributed by atoms with Gasteiger partial charge in [-0.25, -0.2) is 0 Å². The zero-order chi connectivity index (χ0) is 11.1. The van der Waals surface area contributed by atoms with E-state index in [-0.39, 0.29) is 5.56 Å². The number of nitrogens with one attached hydrogen (secondary N) is 1. The van der Waals surface area contributed by atoms with E-state index in [0.29, 0.717) is 0 Å². The van der Waals surface area contributed by atoms with Crippen molar-refractivity contribution in [2.24, 2.45) is 0 Å². The number of thiophene rings is 1. The SMILES string of the molecule is O=c1cccc2[nH]c(-c3ccc(Cl)s3)cn12. The Morgan fingerprint density at radius 1 is 1.25 bits per heavy atom. The minimum Gasteiger partial charge on any atom is -0.339 e. The molecule has 0 saturated carbocycles. The number of aromatic amines is 1. The molecule has 0 amide bonds. The minimum atomic E-state index is -0.0392. The number of halogens is 1. The van der Waals surface area contributed by atoms with Crippen molar-refractivity contribution >= 4 is 28.6 Å². The van der Waals surface area contributed by atoms with E-state index >= 15 is 0 Å². The van der Waals surface area contributed by atoms with E-state index in [4.69, 9.17) is 11.6 Å². The maximum atomic E-state index is 11.5. The van der Waals surface area contributed by atoms with Gasteiger partial charge in [-0.1, -0.05) is 17.7 Å². The summed E-state index contributed by atoms with van der Waals surface area (Å²) >= 11 is 7.36. The maximum Gasteiger partial charge on any atom is 0.256 e. The number of pyridine rings is 1. The van der Waals surface area contributed by atoms with Crippen LogP contribution in [0, 0.1) is 0 Å². The summed E-state index contributed by atoms with van der Waals surface area (Å²) in [7, 11) is 0. The highest BCUT2D eigenvalue weighted by atomic mass is 35.5. The smallest absolute Gasteiger partial charge is 0.256 e. The first-order valence-corrected chi connectivity index (χ1v) is 5.89. The van der Waals surface area contributed by atoms with Crippen LogP contribution in [-0.4, -0.2) is 9.38 Å². The zero-order valence-corrected chi connectivity index (χ0v) is 9.68. The third kappa shape index (κ3) is 1.47. The van der Waals surface area contributed by atoms with Gasteiger partial charge in [-0.05, 0) is 18.2 Å². The van der Waals surface area contributed by atoms with Crippen LogP contribution in [-0.2, 0) is 0 Å². The molecule has 0 aliphatic carbocycles. The largest absolute Gasteiger partial charge is 0.339 e. The van der Waals surface area contributed by atoms with Gasteiger partial charge in [-0.3, -0.25) is 9.20 Å². The van der Waals surface area contributed by atoms with Crippen LogP contribution in [0.4, 0.5) is 0 Å². The fourth-order valence-corrected chi connectivity index (χ4v) is 2.63. The molecule has 0 aliphatic heterocycles. The summed E-state index contributed by atoms with van der Waals surface area (Å²) in [5.41, 5.74) is 1.65.